The first-order valence-electron chi connectivity index (χ1n) is 6.49. The Balaban J connectivity index is 1.72. The number of hydrogen-bond acceptors (Lipinski definition) is 5. The van der Waals surface area contributed by atoms with E-state index in [0.717, 1.165) is 12.3 Å². The summed E-state index contributed by atoms with van der Waals surface area (Å²) < 4.78 is 10.9. The predicted octanol–water partition coefficient (Wildman–Crippen LogP) is 1.77. The van der Waals surface area contributed by atoms with Crippen LogP contribution in [-0.2, 0) is 4.74 Å². The van der Waals surface area contributed by atoms with E-state index < -0.39 is 0 Å². The molecule has 1 aromatic rings. The van der Waals surface area contributed by atoms with E-state index in [9.17, 15) is 0 Å². The van der Waals surface area contributed by atoms with E-state index in [-0.39, 0.29) is 6.10 Å². The van der Waals surface area contributed by atoms with Crippen LogP contribution in [0.25, 0.3) is 0 Å². The molecule has 1 aromatic heterocycles. The molecular weight excluding hydrogens is 218 g/mol. The zero-order valence-electron chi connectivity index (χ0n) is 10.3. The molecule has 2 aliphatic rings. The quantitative estimate of drug-likeness (QED) is 0.864. The van der Waals surface area contributed by atoms with E-state index in [1.807, 2.05) is 13.8 Å². The molecule has 2 saturated heterocycles. The molecule has 2 bridgehead atoms. The van der Waals surface area contributed by atoms with Crippen molar-refractivity contribution in [3.05, 3.63) is 11.7 Å². The van der Waals surface area contributed by atoms with Crippen LogP contribution < -0.4 is 5.32 Å². The average Bonchev–Trinajstić information content (AvgIpc) is 3.05. The molecule has 5 nitrogen and oxygen atoms in total. The van der Waals surface area contributed by atoms with E-state index in [1.165, 1.54) is 12.8 Å². The number of rotatable bonds is 4. The summed E-state index contributed by atoms with van der Waals surface area (Å²) in [5.41, 5.74) is 0. The minimum Gasteiger partial charge on any atom is -0.371 e. The first-order valence-corrected chi connectivity index (χ1v) is 6.49. The van der Waals surface area contributed by atoms with Gasteiger partial charge in [0.2, 0.25) is 5.89 Å². The average molecular weight is 237 g/mol. The van der Waals surface area contributed by atoms with E-state index in [1.54, 1.807) is 0 Å². The summed E-state index contributed by atoms with van der Waals surface area (Å²) in [5, 5.41) is 7.60. The molecule has 3 rings (SSSR count). The van der Waals surface area contributed by atoms with Gasteiger partial charge < -0.3 is 14.6 Å². The monoisotopic (exact) mass is 237 g/mol. The third kappa shape index (κ3) is 1.98. The van der Waals surface area contributed by atoms with Crippen molar-refractivity contribution in [3.8, 4) is 0 Å². The van der Waals surface area contributed by atoms with Crippen LogP contribution in [0.3, 0.4) is 0 Å². The van der Waals surface area contributed by atoms with Crippen molar-refractivity contribution in [2.24, 2.45) is 0 Å². The van der Waals surface area contributed by atoms with Gasteiger partial charge in [-0.25, -0.2) is 0 Å². The fourth-order valence-corrected chi connectivity index (χ4v) is 2.98. The second kappa shape index (κ2) is 4.38. The molecule has 17 heavy (non-hydrogen) atoms. The van der Waals surface area contributed by atoms with Crippen molar-refractivity contribution in [2.75, 3.05) is 6.61 Å². The molecule has 4 atom stereocenters. The number of nitrogens with zero attached hydrogens (tertiary/aromatic N) is 2. The van der Waals surface area contributed by atoms with E-state index >= 15 is 0 Å². The van der Waals surface area contributed by atoms with Crippen LogP contribution in [0, 0.1) is 0 Å². The maximum absolute atomic E-state index is 5.47. The summed E-state index contributed by atoms with van der Waals surface area (Å²) in [6, 6.07) is 1.19. The summed E-state index contributed by atoms with van der Waals surface area (Å²) in [4.78, 5) is 4.49. The van der Waals surface area contributed by atoms with Crippen LogP contribution in [-0.4, -0.2) is 28.8 Å². The molecule has 0 spiro atoms. The van der Waals surface area contributed by atoms with Gasteiger partial charge in [0.1, 0.15) is 6.10 Å². The van der Waals surface area contributed by atoms with Gasteiger partial charge in [-0.1, -0.05) is 5.16 Å². The van der Waals surface area contributed by atoms with Crippen molar-refractivity contribution in [3.63, 3.8) is 0 Å². The molecule has 2 aliphatic heterocycles. The largest absolute Gasteiger partial charge is 0.371 e. The lowest BCUT2D eigenvalue weighted by Gasteiger charge is -2.15. The van der Waals surface area contributed by atoms with Gasteiger partial charge in [0.25, 0.3) is 0 Å². The first-order chi connectivity index (χ1) is 8.28. The third-order valence-corrected chi connectivity index (χ3v) is 3.85. The molecule has 94 valence electrons. The number of aromatic nitrogens is 2. The lowest BCUT2D eigenvalue weighted by Crippen LogP contribution is -2.21. The van der Waals surface area contributed by atoms with Crippen molar-refractivity contribution in [1.29, 1.82) is 0 Å². The van der Waals surface area contributed by atoms with Crippen LogP contribution in [0.4, 0.5) is 0 Å². The van der Waals surface area contributed by atoms with Crippen LogP contribution in [0.2, 0.25) is 0 Å². The topological polar surface area (TPSA) is 60.2 Å². The predicted molar refractivity (Wildman–Crippen MR) is 61.6 cm³/mol. The number of hydrogen-bond donors (Lipinski definition) is 1. The molecule has 4 unspecified atom stereocenters. The third-order valence-electron chi connectivity index (χ3n) is 3.85. The summed E-state index contributed by atoms with van der Waals surface area (Å²) in [7, 11) is 0. The van der Waals surface area contributed by atoms with Crippen LogP contribution >= 0.6 is 0 Å². The van der Waals surface area contributed by atoms with Crippen LogP contribution in [0.15, 0.2) is 4.52 Å². The van der Waals surface area contributed by atoms with Gasteiger partial charge in [-0.15, -0.1) is 0 Å². The molecule has 1 N–H and O–H groups in total. The van der Waals surface area contributed by atoms with Crippen LogP contribution in [0.1, 0.15) is 56.8 Å². The Hall–Kier alpha value is -0.940. The van der Waals surface area contributed by atoms with Gasteiger partial charge in [-0.05, 0) is 33.1 Å². The Bertz CT molecular complexity index is 393. The first kappa shape index (κ1) is 11.2. The standard InChI is InChI=1S/C12H19N3O2/c1-3-16-7(2)11-14-12(17-15-11)9-6-8-4-5-10(9)13-8/h7-10,13H,3-6H2,1-2H3. The summed E-state index contributed by atoms with van der Waals surface area (Å²) in [6.45, 7) is 4.59. The van der Waals surface area contributed by atoms with Crippen LogP contribution in [0.5, 0.6) is 0 Å². The maximum Gasteiger partial charge on any atom is 0.231 e. The minimum absolute atomic E-state index is 0.0796. The molecule has 0 saturated carbocycles. The van der Waals surface area contributed by atoms with Crippen molar-refractivity contribution < 1.29 is 9.26 Å². The highest BCUT2D eigenvalue weighted by Crippen LogP contribution is 2.39. The lowest BCUT2D eigenvalue weighted by atomic mass is 9.89. The van der Waals surface area contributed by atoms with E-state index in [0.29, 0.717) is 30.4 Å². The Morgan fingerprint density at radius 1 is 1.53 bits per heavy atom. The summed E-state index contributed by atoms with van der Waals surface area (Å²) >= 11 is 0. The van der Waals surface area contributed by atoms with E-state index in [4.69, 9.17) is 9.26 Å². The summed E-state index contributed by atoms with van der Waals surface area (Å²) in [5.74, 6) is 1.86. The van der Waals surface area contributed by atoms with Gasteiger partial charge >= 0.3 is 0 Å². The molecule has 0 aromatic carbocycles. The highest BCUT2D eigenvalue weighted by Gasteiger charge is 2.42. The maximum atomic E-state index is 5.47. The van der Waals surface area contributed by atoms with Gasteiger partial charge in [-0.3, -0.25) is 0 Å². The van der Waals surface area contributed by atoms with Crippen molar-refractivity contribution in [1.82, 2.24) is 15.5 Å². The van der Waals surface area contributed by atoms with Gasteiger partial charge in [-0.2, -0.15) is 4.98 Å². The molecule has 5 heteroatoms. The number of nitrogens with one attached hydrogen (secondary N) is 1. The summed E-state index contributed by atoms with van der Waals surface area (Å²) in [6.07, 6.45) is 3.57. The lowest BCUT2D eigenvalue weighted by molar-refractivity contribution is 0.0683. The Morgan fingerprint density at radius 2 is 2.41 bits per heavy atom. The minimum atomic E-state index is -0.0796. The van der Waals surface area contributed by atoms with Gasteiger partial charge in [0, 0.05) is 18.7 Å². The fourth-order valence-electron chi connectivity index (χ4n) is 2.98. The molecule has 0 radical (unpaired) electrons. The Kier molecular flexibility index (Phi) is 2.88. The highest BCUT2D eigenvalue weighted by molar-refractivity contribution is 5.10. The molecular formula is C12H19N3O2. The highest BCUT2D eigenvalue weighted by atomic mass is 16.5. The molecule has 2 fully saturated rings. The second-order valence-corrected chi connectivity index (χ2v) is 4.98. The SMILES string of the molecule is CCOC(C)c1noc(C2CC3CCC2N3)n1. The normalized spacial score (nSPS) is 33.2. The van der Waals surface area contributed by atoms with Crippen molar-refractivity contribution in [2.45, 2.75) is 57.2 Å². The zero-order chi connectivity index (χ0) is 11.8. The molecule has 0 amide bonds. The molecule has 3 heterocycles. The number of fused-ring (bicyclic) bond motifs is 2. The second-order valence-electron chi connectivity index (χ2n) is 4.98. The zero-order valence-corrected chi connectivity index (χ0v) is 10.3. The molecule has 0 aliphatic carbocycles. The van der Waals surface area contributed by atoms with E-state index in [2.05, 4.69) is 15.5 Å². The van der Waals surface area contributed by atoms with Gasteiger partial charge in [0.05, 0.1) is 5.92 Å². The van der Waals surface area contributed by atoms with Gasteiger partial charge in [0.15, 0.2) is 5.82 Å². The van der Waals surface area contributed by atoms with Crippen molar-refractivity contribution >= 4 is 0 Å². The fraction of sp³-hybridized carbons (Fsp3) is 0.833. The number of ether oxygens (including phenoxy) is 1. The smallest absolute Gasteiger partial charge is 0.231 e. The Labute approximate surface area is 101 Å². The Morgan fingerprint density at radius 3 is 3.06 bits per heavy atom.